The van der Waals surface area contributed by atoms with Crippen LogP contribution in [0.4, 0.5) is 4.39 Å². The quantitative estimate of drug-likeness (QED) is 0.795. The van der Waals surface area contributed by atoms with Gasteiger partial charge in [0.15, 0.2) is 5.82 Å². The average molecular weight is 285 g/mol. The summed E-state index contributed by atoms with van der Waals surface area (Å²) >= 11 is 5.67. The molecular weight excluding hydrogens is 275 g/mol. The van der Waals surface area contributed by atoms with Gasteiger partial charge in [-0.25, -0.2) is 14.3 Å². The second kappa shape index (κ2) is 5.23. The van der Waals surface area contributed by atoms with Gasteiger partial charge in [-0.05, 0) is 25.1 Å². The lowest BCUT2D eigenvalue weighted by atomic mass is 10.2. The maximum atomic E-state index is 13.1. The Labute approximate surface area is 112 Å². The number of hydrogen-bond donors (Lipinski definition) is 3. The van der Waals surface area contributed by atoms with E-state index < -0.39 is 23.5 Å². The Kier molecular flexibility index (Phi) is 3.66. The van der Waals surface area contributed by atoms with Crippen molar-refractivity contribution < 1.29 is 9.18 Å². The molecule has 0 aliphatic heterocycles. The van der Waals surface area contributed by atoms with Crippen LogP contribution in [0.15, 0.2) is 23.0 Å². The topological polar surface area (TPSA) is 90.6 Å². The van der Waals surface area contributed by atoms with Crippen LogP contribution in [0.25, 0.3) is 0 Å². The van der Waals surface area contributed by atoms with Gasteiger partial charge < -0.3 is 5.32 Å². The molecule has 0 aliphatic carbocycles. The van der Waals surface area contributed by atoms with Crippen molar-refractivity contribution in [2.75, 3.05) is 0 Å². The zero-order chi connectivity index (χ0) is 14.0. The minimum atomic E-state index is -0.599. The highest BCUT2D eigenvalue weighted by molar-refractivity contribution is 6.31. The average Bonchev–Trinajstić information content (AvgIpc) is 2.74. The Balaban J connectivity index is 2.14. The van der Waals surface area contributed by atoms with E-state index in [1.54, 1.807) is 6.92 Å². The van der Waals surface area contributed by atoms with Gasteiger partial charge in [0.1, 0.15) is 5.82 Å². The fourth-order valence-electron chi connectivity index (χ4n) is 1.52. The van der Waals surface area contributed by atoms with Crippen molar-refractivity contribution in [2.24, 2.45) is 0 Å². The summed E-state index contributed by atoms with van der Waals surface area (Å²) in [5, 5.41) is 8.57. The third-order valence-corrected chi connectivity index (χ3v) is 2.62. The number of amides is 1. The molecule has 1 aromatic heterocycles. The number of aromatic nitrogens is 3. The van der Waals surface area contributed by atoms with Gasteiger partial charge in [-0.3, -0.25) is 9.78 Å². The molecule has 2 rings (SSSR count). The van der Waals surface area contributed by atoms with Crippen LogP contribution in [0, 0.1) is 5.82 Å². The fourth-order valence-corrected chi connectivity index (χ4v) is 1.74. The molecule has 8 heteroatoms. The molecule has 0 saturated carbocycles. The Hall–Kier alpha value is -2.15. The molecule has 6 nitrogen and oxygen atoms in total. The fraction of sp³-hybridized carbons (Fsp3) is 0.182. The zero-order valence-corrected chi connectivity index (χ0v) is 10.6. The van der Waals surface area contributed by atoms with Crippen molar-refractivity contribution in [3.8, 4) is 0 Å². The van der Waals surface area contributed by atoms with Crippen LogP contribution >= 0.6 is 11.6 Å². The standard InChI is InChI=1S/C11H10ClFN4O2/c1-5(9-15-11(19)17-16-9)14-10(18)6-2-7(12)4-8(13)3-6/h2-5H,1H3,(H,14,18)(H2,15,16,17,19)/t5-/m1/s1. The van der Waals surface area contributed by atoms with Crippen LogP contribution < -0.4 is 11.0 Å². The molecule has 19 heavy (non-hydrogen) atoms. The van der Waals surface area contributed by atoms with Crippen molar-refractivity contribution >= 4 is 17.5 Å². The summed E-state index contributed by atoms with van der Waals surface area (Å²) < 4.78 is 13.1. The molecule has 0 radical (unpaired) electrons. The van der Waals surface area contributed by atoms with Gasteiger partial charge in [0.25, 0.3) is 5.91 Å². The van der Waals surface area contributed by atoms with E-state index in [9.17, 15) is 14.0 Å². The van der Waals surface area contributed by atoms with E-state index in [0.717, 1.165) is 12.1 Å². The summed E-state index contributed by atoms with van der Waals surface area (Å²) in [7, 11) is 0. The van der Waals surface area contributed by atoms with E-state index >= 15 is 0 Å². The van der Waals surface area contributed by atoms with Crippen molar-refractivity contribution in [2.45, 2.75) is 13.0 Å². The molecule has 2 aromatic rings. The highest BCUT2D eigenvalue weighted by atomic mass is 35.5. The van der Waals surface area contributed by atoms with Crippen LogP contribution in [0.5, 0.6) is 0 Å². The van der Waals surface area contributed by atoms with E-state index in [-0.39, 0.29) is 16.4 Å². The molecule has 100 valence electrons. The molecular formula is C11H10ClFN4O2. The number of nitrogens with one attached hydrogen (secondary N) is 3. The number of hydrogen-bond acceptors (Lipinski definition) is 3. The van der Waals surface area contributed by atoms with Gasteiger partial charge in [-0.1, -0.05) is 11.6 Å². The SMILES string of the molecule is C[C@@H](NC(=O)c1cc(F)cc(Cl)c1)c1n[nH]c(=O)[nH]1. The first-order valence-electron chi connectivity index (χ1n) is 5.37. The first-order chi connectivity index (χ1) is 8.95. The molecule has 0 bridgehead atoms. The number of rotatable bonds is 3. The number of carbonyl (C=O) groups excluding carboxylic acids is 1. The van der Waals surface area contributed by atoms with E-state index in [1.807, 2.05) is 0 Å². The highest BCUT2D eigenvalue weighted by Crippen LogP contribution is 2.15. The minimum Gasteiger partial charge on any atom is -0.342 e. The lowest BCUT2D eigenvalue weighted by Crippen LogP contribution is -2.27. The third kappa shape index (κ3) is 3.19. The second-order valence-electron chi connectivity index (χ2n) is 3.92. The van der Waals surface area contributed by atoms with Crippen LogP contribution in [-0.4, -0.2) is 21.1 Å². The van der Waals surface area contributed by atoms with Crippen LogP contribution in [-0.2, 0) is 0 Å². The van der Waals surface area contributed by atoms with Gasteiger partial charge in [0.05, 0.1) is 6.04 Å². The van der Waals surface area contributed by atoms with Crippen LogP contribution in [0.2, 0.25) is 5.02 Å². The number of halogens is 2. The number of aromatic amines is 2. The Bertz CT molecular complexity index is 646. The summed E-state index contributed by atoms with van der Waals surface area (Å²) in [6, 6.07) is 2.99. The summed E-state index contributed by atoms with van der Waals surface area (Å²) in [5.74, 6) is -0.836. The monoisotopic (exact) mass is 284 g/mol. The van der Waals surface area contributed by atoms with E-state index in [0.29, 0.717) is 0 Å². The number of carbonyl (C=O) groups is 1. The number of benzene rings is 1. The summed E-state index contributed by atoms with van der Waals surface area (Å²) in [6.07, 6.45) is 0. The van der Waals surface area contributed by atoms with Gasteiger partial charge in [0.2, 0.25) is 0 Å². The number of H-pyrrole nitrogens is 2. The molecule has 1 amide bonds. The van der Waals surface area contributed by atoms with Crippen LogP contribution in [0.1, 0.15) is 29.1 Å². The van der Waals surface area contributed by atoms with E-state index in [2.05, 4.69) is 20.5 Å². The molecule has 0 spiro atoms. The molecule has 0 unspecified atom stereocenters. The lowest BCUT2D eigenvalue weighted by Gasteiger charge is -2.11. The molecule has 3 N–H and O–H groups in total. The van der Waals surface area contributed by atoms with Crippen molar-refractivity contribution in [1.29, 1.82) is 0 Å². The lowest BCUT2D eigenvalue weighted by molar-refractivity contribution is 0.0938. The Morgan fingerprint density at radius 3 is 2.79 bits per heavy atom. The molecule has 1 heterocycles. The maximum Gasteiger partial charge on any atom is 0.340 e. The molecule has 0 fully saturated rings. The Morgan fingerprint density at radius 2 is 2.21 bits per heavy atom. The molecule has 1 atom stereocenters. The molecule has 1 aromatic carbocycles. The molecule has 0 aliphatic rings. The van der Waals surface area contributed by atoms with Gasteiger partial charge in [-0.2, -0.15) is 5.10 Å². The Morgan fingerprint density at radius 1 is 1.47 bits per heavy atom. The zero-order valence-electron chi connectivity index (χ0n) is 9.83. The summed E-state index contributed by atoms with van der Waals surface area (Å²) in [4.78, 5) is 25.2. The minimum absolute atomic E-state index is 0.0923. The summed E-state index contributed by atoms with van der Waals surface area (Å²) in [5.41, 5.74) is -0.375. The first-order valence-corrected chi connectivity index (χ1v) is 5.75. The van der Waals surface area contributed by atoms with E-state index in [4.69, 9.17) is 11.6 Å². The van der Waals surface area contributed by atoms with Crippen LogP contribution in [0.3, 0.4) is 0 Å². The predicted molar refractivity (Wildman–Crippen MR) is 66.5 cm³/mol. The highest BCUT2D eigenvalue weighted by Gasteiger charge is 2.15. The van der Waals surface area contributed by atoms with Crippen molar-refractivity contribution in [3.63, 3.8) is 0 Å². The smallest absolute Gasteiger partial charge is 0.340 e. The largest absolute Gasteiger partial charge is 0.342 e. The van der Waals surface area contributed by atoms with Gasteiger partial charge in [-0.15, -0.1) is 0 Å². The number of nitrogens with zero attached hydrogens (tertiary/aromatic N) is 1. The normalized spacial score (nSPS) is 12.2. The van der Waals surface area contributed by atoms with Gasteiger partial charge >= 0.3 is 5.69 Å². The third-order valence-electron chi connectivity index (χ3n) is 2.40. The van der Waals surface area contributed by atoms with Crippen molar-refractivity contribution in [1.82, 2.24) is 20.5 Å². The van der Waals surface area contributed by atoms with Gasteiger partial charge in [0, 0.05) is 10.6 Å². The second-order valence-corrected chi connectivity index (χ2v) is 4.35. The summed E-state index contributed by atoms with van der Waals surface area (Å²) in [6.45, 7) is 1.63. The maximum absolute atomic E-state index is 13.1. The van der Waals surface area contributed by atoms with Crippen molar-refractivity contribution in [3.05, 3.63) is 50.9 Å². The predicted octanol–water partition coefficient (Wildman–Crippen LogP) is 1.38. The van der Waals surface area contributed by atoms with E-state index in [1.165, 1.54) is 6.07 Å². The first kappa shape index (κ1) is 13.3. The molecule has 0 saturated heterocycles.